The van der Waals surface area contributed by atoms with Crippen molar-refractivity contribution in [2.75, 3.05) is 7.11 Å². The van der Waals surface area contributed by atoms with Crippen molar-refractivity contribution in [1.29, 1.82) is 0 Å². The van der Waals surface area contributed by atoms with E-state index in [1.54, 1.807) is 7.11 Å². The quantitative estimate of drug-likeness (QED) is 0.655. The Labute approximate surface area is 124 Å². The molecule has 0 aliphatic heterocycles. The molecular weight excluding hydrogens is 272 g/mol. The van der Waals surface area contributed by atoms with Crippen LogP contribution in [-0.4, -0.2) is 7.11 Å². The Bertz CT molecular complexity index is 586. The highest BCUT2D eigenvalue weighted by atomic mass is 35.5. The highest BCUT2D eigenvalue weighted by Gasteiger charge is 2.14. The van der Waals surface area contributed by atoms with Crippen LogP contribution in [0.25, 0.3) is 0 Å². The van der Waals surface area contributed by atoms with Crippen LogP contribution in [0.15, 0.2) is 42.5 Å². The zero-order valence-corrected chi connectivity index (χ0v) is 12.4. The van der Waals surface area contributed by atoms with Crippen LogP contribution in [-0.2, 0) is 6.42 Å². The molecule has 1 atom stereocenters. The minimum atomic E-state index is -0.00981. The molecule has 0 radical (unpaired) electrons. The molecular formula is C16H19ClN2O. The Kier molecular flexibility index (Phi) is 5.01. The molecule has 3 nitrogen and oxygen atoms in total. The zero-order valence-electron chi connectivity index (χ0n) is 11.7. The topological polar surface area (TPSA) is 47.3 Å². The summed E-state index contributed by atoms with van der Waals surface area (Å²) in [5, 5.41) is 0.707. The third-order valence-corrected chi connectivity index (χ3v) is 3.55. The molecule has 0 aliphatic rings. The van der Waals surface area contributed by atoms with Crippen molar-refractivity contribution in [3.05, 3.63) is 64.2 Å². The summed E-state index contributed by atoms with van der Waals surface area (Å²) < 4.78 is 5.41. The van der Waals surface area contributed by atoms with Crippen LogP contribution in [0.4, 0.5) is 0 Å². The number of hydrazine groups is 1. The predicted octanol–water partition coefficient (Wildman–Crippen LogP) is 3.40. The number of nitrogens with two attached hydrogens (primary N) is 1. The minimum Gasteiger partial charge on any atom is -0.496 e. The lowest BCUT2D eigenvalue weighted by molar-refractivity contribution is 0.405. The molecule has 1 unspecified atom stereocenters. The van der Waals surface area contributed by atoms with Crippen LogP contribution >= 0.6 is 11.6 Å². The molecule has 2 aromatic carbocycles. The smallest absolute Gasteiger partial charge is 0.122 e. The second kappa shape index (κ2) is 6.75. The number of hydrogen-bond donors (Lipinski definition) is 2. The first-order chi connectivity index (χ1) is 9.63. The van der Waals surface area contributed by atoms with Crippen molar-refractivity contribution in [2.45, 2.75) is 19.4 Å². The molecule has 0 saturated heterocycles. The molecule has 0 fully saturated rings. The second-order valence-electron chi connectivity index (χ2n) is 4.79. The van der Waals surface area contributed by atoms with E-state index >= 15 is 0 Å². The summed E-state index contributed by atoms with van der Waals surface area (Å²) in [6.45, 7) is 2.06. The van der Waals surface area contributed by atoms with E-state index in [2.05, 4.69) is 18.4 Å². The number of methoxy groups -OCH3 is 1. The van der Waals surface area contributed by atoms with Gasteiger partial charge in [0, 0.05) is 5.02 Å². The van der Waals surface area contributed by atoms with E-state index in [9.17, 15) is 0 Å². The van der Waals surface area contributed by atoms with Gasteiger partial charge in [-0.3, -0.25) is 11.3 Å². The lowest BCUT2D eigenvalue weighted by Crippen LogP contribution is -2.29. The molecule has 0 bridgehead atoms. The van der Waals surface area contributed by atoms with E-state index < -0.39 is 0 Å². The van der Waals surface area contributed by atoms with Crippen LogP contribution in [0.5, 0.6) is 5.75 Å². The average Bonchev–Trinajstić information content (AvgIpc) is 2.45. The van der Waals surface area contributed by atoms with Crippen LogP contribution in [0.2, 0.25) is 5.02 Å². The summed E-state index contributed by atoms with van der Waals surface area (Å²) in [6, 6.07) is 13.8. The largest absolute Gasteiger partial charge is 0.496 e. The normalized spacial score (nSPS) is 12.2. The van der Waals surface area contributed by atoms with Crippen molar-refractivity contribution >= 4 is 11.6 Å². The van der Waals surface area contributed by atoms with Crippen LogP contribution in [0, 0.1) is 6.92 Å². The average molecular weight is 291 g/mol. The van der Waals surface area contributed by atoms with Gasteiger partial charge in [-0.2, -0.15) is 0 Å². The predicted molar refractivity (Wildman–Crippen MR) is 83.0 cm³/mol. The molecule has 0 amide bonds. The van der Waals surface area contributed by atoms with Gasteiger partial charge in [0.1, 0.15) is 5.75 Å². The van der Waals surface area contributed by atoms with Gasteiger partial charge in [0.25, 0.3) is 0 Å². The van der Waals surface area contributed by atoms with Gasteiger partial charge in [0.05, 0.1) is 13.2 Å². The molecule has 0 spiro atoms. The van der Waals surface area contributed by atoms with Crippen molar-refractivity contribution in [3.63, 3.8) is 0 Å². The number of ether oxygens (including phenoxy) is 1. The van der Waals surface area contributed by atoms with Crippen molar-refractivity contribution in [3.8, 4) is 5.75 Å². The SMILES string of the molecule is COc1ccc(C)cc1CC(NN)c1cccc(Cl)c1. The molecule has 3 N–H and O–H groups in total. The second-order valence-corrected chi connectivity index (χ2v) is 5.23. The number of rotatable bonds is 5. The van der Waals surface area contributed by atoms with E-state index in [-0.39, 0.29) is 6.04 Å². The molecule has 0 saturated carbocycles. The molecule has 0 aliphatic carbocycles. The standard InChI is InChI=1S/C16H19ClN2O/c1-11-6-7-16(20-2)13(8-11)10-15(19-18)12-4-3-5-14(17)9-12/h3-9,15,19H,10,18H2,1-2H3. The summed E-state index contributed by atoms with van der Waals surface area (Å²) in [6.07, 6.45) is 0.738. The first-order valence-electron chi connectivity index (χ1n) is 6.49. The van der Waals surface area contributed by atoms with Crippen molar-refractivity contribution in [2.24, 2.45) is 5.84 Å². The molecule has 0 heterocycles. The summed E-state index contributed by atoms with van der Waals surface area (Å²) in [5.74, 6) is 6.57. The summed E-state index contributed by atoms with van der Waals surface area (Å²) in [4.78, 5) is 0. The monoisotopic (exact) mass is 290 g/mol. The van der Waals surface area contributed by atoms with Crippen LogP contribution in [0.3, 0.4) is 0 Å². The Hall–Kier alpha value is -1.55. The molecule has 106 valence electrons. The number of halogens is 1. The Balaban J connectivity index is 2.28. The summed E-state index contributed by atoms with van der Waals surface area (Å²) in [5.41, 5.74) is 6.23. The Morgan fingerprint density at radius 2 is 2.05 bits per heavy atom. The minimum absolute atomic E-state index is 0.00981. The molecule has 2 rings (SSSR count). The lowest BCUT2D eigenvalue weighted by Gasteiger charge is -2.18. The van der Waals surface area contributed by atoms with E-state index in [1.165, 1.54) is 5.56 Å². The fourth-order valence-electron chi connectivity index (χ4n) is 2.28. The third kappa shape index (κ3) is 3.51. The number of nitrogens with one attached hydrogen (secondary N) is 1. The zero-order chi connectivity index (χ0) is 14.5. The van der Waals surface area contributed by atoms with E-state index in [0.717, 1.165) is 23.3 Å². The third-order valence-electron chi connectivity index (χ3n) is 3.31. The lowest BCUT2D eigenvalue weighted by atomic mass is 9.97. The maximum absolute atomic E-state index is 6.04. The van der Waals surface area contributed by atoms with Gasteiger partial charge in [-0.1, -0.05) is 41.4 Å². The highest BCUT2D eigenvalue weighted by Crippen LogP contribution is 2.26. The summed E-state index contributed by atoms with van der Waals surface area (Å²) >= 11 is 6.04. The van der Waals surface area contributed by atoms with Crippen LogP contribution in [0.1, 0.15) is 22.7 Å². The number of aryl methyl sites for hydroxylation is 1. The van der Waals surface area contributed by atoms with Gasteiger partial charge in [-0.05, 0) is 42.7 Å². The van der Waals surface area contributed by atoms with Crippen LogP contribution < -0.4 is 16.0 Å². The molecule has 2 aromatic rings. The van der Waals surface area contributed by atoms with Crippen molar-refractivity contribution < 1.29 is 4.74 Å². The van der Waals surface area contributed by atoms with Gasteiger partial charge in [-0.25, -0.2) is 0 Å². The maximum Gasteiger partial charge on any atom is 0.122 e. The van der Waals surface area contributed by atoms with E-state index in [1.807, 2.05) is 36.4 Å². The fourth-order valence-corrected chi connectivity index (χ4v) is 2.48. The number of hydrogen-bond acceptors (Lipinski definition) is 3. The fraction of sp³-hybridized carbons (Fsp3) is 0.250. The number of benzene rings is 2. The van der Waals surface area contributed by atoms with Gasteiger partial charge in [0.2, 0.25) is 0 Å². The van der Waals surface area contributed by atoms with E-state index in [4.69, 9.17) is 22.2 Å². The van der Waals surface area contributed by atoms with Crippen molar-refractivity contribution in [1.82, 2.24) is 5.43 Å². The Morgan fingerprint density at radius 3 is 2.70 bits per heavy atom. The van der Waals surface area contributed by atoms with E-state index in [0.29, 0.717) is 5.02 Å². The molecule has 20 heavy (non-hydrogen) atoms. The summed E-state index contributed by atoms with van der Waals surface area (Å²) in [7, 11) is 1.68. The van der Waals surface area contributed by atoms with Gasteiger partial charge < -0.3 is 4.74 Å². The van der Waals surface area contributed by atoms with Gasteiger partial charge in [0.15, 0.2) is 0 Å². The maximum atomic E-state index is 6.04. The molecule has 0 aromatic heterocycles. The first-order valence-corrected chi connectivity index (χ1v) is 6.87. The molecule has 4 heteroatoms. The van der Waals surface area contributed by atoms with Gasteiger partial charge in [-0.15, -0.1) is 0 Å². The first kappa shape index (κ1) is 14.9. The van der Waals surface area contributed by atoms with Gasteiger partial charge >= 0.3 is 0 Å². The Morgan fingerprint density at radius 1 is 1.25 bits per heavy atom. The highest BCUT2D eigenvalue weighted by molar-refractivity contribution is 6.30.